The summed E-state index contributed by atoms with van der Waals surface area (Å²) < 4.78 is 0. The predicted octanol–water partition coefficient (Wildman–Crippen LogP) is 2.94. The van der Waals surface area contributed by atoms with Gasteiger partial charge in [0.15, 0.2) is 0 Å². The lowest BCUT2D eigenvalue weighted by atomic mass is 10.0. The van der Waals surface area contributed by atoms with Crippen molar-refractivity contribution in [3.63, 3.8) is 0 Å². The summed E-state index contributed by atoms with van der Waals surface area (Å²) in [5.74, 6) is -0.376. The highest BCUT2D eigenvalue weighted by Crippen LogP contribution is 2.06. The second-order valence-corrected chi connectivity index (χ2v) is 5.73. The van der Waals surface area contributed by atoms with E-state index in [1.807, 2.05) is 48.5 Å². The Morgan fingerprint density at radius 1 is 0.958 bits per heavy atom. The molecule has 0 heterocycles. The van der Waals surface area contributed by atoms with E-state index >= 15 is 0 Å². The van der Waals surface area contributed by atoms with Gasteiger partial charge in [0.05, 0.1) is 0 Å². The van der Waals surface area contributed by atoms with Crippen LogP contribution < -0.4 is 10.6 Å². The molecule has 0 saturated carbocycles. The van der Waals surface area contributed by atoms with Gasteiger partial charge in [-0.05, 0) is 24.1 Å². The maximum Gasteiger partial charge on any atom is 0.251 e. The fourth-order valence-electron chi connectivity index (χ4n) is 2.40. The molecule has 2 aromatic carbocycles. The van der Waals surface area contributed by atoms with Gasteiger partial charge >= 0.3 is 0 Å². The summed E-state index contributed by atoms with van der Waals surface area (Å²) in [7, 11) is 0. The average molecular weight is 324 g/mol. The molecule has 0 fully saturated rings. The topological polar surface area (TPSA) is 58.2 Å². The van der Waals surface area contributed by atoms with E-state index in [1.54, 1.807) is 12.1 Å². The highest BCUT2D eigenvalue weighted by atomic mass is 16.2. The van der Waals surface area contributed by atoms with Crippen LogP contribution in [-0.4, -0.2) is 24.4 Å². The Kier molecular flexibility index (Phi) is 7.02. The van der Waals surface area contributed by atoms with Crippen LogP contribution in [0.1, 0.15) is 35.7 Å². The molecule has 24 heavy (non-hydrogen) atoms. The van der Waals surface area contributed by atoms with Crippen LogP contribution in [0.2, 0.25) is 0 Å². The van der Waals surface area contributed by atoms with E-state index in [2.05, 4.69) is 17.6 Å². The fraction of sp³-hybridized carbons (Fsp3) is 0.300. The largest absolute Gasteiger partial charge is 0.354 e. The normalized spacial score (nSPS) is 11.5. The molecular weight excluding hydrogens is 300 g/mol. The first-order chi connectivity index (χ1) is 11.7. The zero-order chi connectivity index (χ0) is 17.2. The third-order valence-corrected chi connectivity index (χ3v) is 3.77. The summed E-state index contributed by atoms with van der Waals surface area (Å²) in [6.07, 6.45) is 2.41. The van der Waals surface area contributed by atoms with Crippen LogP contribution >= 0.6 is 0 Å². The smallest absolute Gasteiger partial charge is 0.251 e. The molecule has 0 aliphatic rings. The van der Waals surface area contributed by atoms with Crippen molar-refractivity contribution in [1.82, 2.24) is 10.6 Å². The van der Waals surface area contributed by atoms with Crippen LogP contribution in [0, 0.1) is 0 Å². The molecule has 0 radical (unpaired) electrons. The second-order valence-electron chi connectivity index (χ2n) is 5.73. The summed E-state index contributed by atoms with van der Waals surface area (Å²) in [6, 6.07) is 18.1. The predicted molar refractivity (Wildman–Crippen MR) is 95.8 cm³/mol. The Morgan fingerprint density at radius 3 is 2.21 bits per heavy atom. The van der Waals surface area contributed by atoms with Crippen LogP contribution in [0.5, 0.6) is 0 Å². The monoisotopic (exact) mass is 324 g/mol. The molecule has 2 amide bonds. The molecule has 1 unspecified atom stereocenters. The van der Waals surface area contributed by atoms with Crippen LogP contribution in [0.25, 0.3) is 0 Å². The molecule has 0 saturated heterocycles. The Morgan fingerprint density at radius 2 is 1.58 bits per heavy atom. The Balaban J connectivity index is 2.06. The van der Waals surface area contributed by atoms with Crippen LogP contribution in [0.3, 0.4) is 0 Å². The lowest BCUT2D eigenvalue weighted by Crippen LogP contribution is -2.48. The number of amides is 2. The molecular formula is C20H24N2O2. The van der Waals surface area contributed by atoms with E-state index in [0.717, 1.165) is 18.4 Å². The molecule has 2 aromatic rings. The van der Waals surface area contributed by atoms with E-state index in [9.17, 15) is 9.59 Å². The third-order valence-electron chi connectivity index (χ3n) is 3.77. The molecule has 2 rings (SSSR count). The molecule has 0 spiro atoms. The first-order valence-electron chi connectivity index (χ1n) is 8.38. The number of unbranched alkanes of at least 4 members (excludes halogenated alkanes) is 1. The Hall–Kier alpha value is -2.62. The zero-order valence-corrected chi connectivity index (χ0v) is 14.0. The van der Waals surface area contributed by atoms with Gasteiger partial charge in [-0.15, -0.1) is 0 Å². The average Bonchev–Trinajstić information content (AvgIpc) is 2.63. The molecule has 0 aliphatic heterocycles. The number of hydrogen-bond donors (Lipinski definition) is 2. The van der Waals surface area contributed by atoms with Gasteiger partial charge in [0.2, 0.25) is 5.91 Å². The van der Waals surface area contributed by atoms with Crippen LogP contribution in [-0.2, 0) is 11.2 Å². The summed E-state index contributed by atoms with van der Waals surface area (Å²) in [5, 5.41) is 5.76. The van der Waals surface area contributed by atoms with Crippen molar-refractivity contribution < 1.29 is 9.59 Å². The van der Waals surface area contributed by atoms with Crippen molar-refractivity contribution in [2.24, 2.45) is 0 Å². The minimum atomic E-state index is -0.586. The summed E-state index contributed by atoms with van der Waals surface area (Å²) in [6.45, 7) is 2.70. The summed E-state index contributed by atoms with van der Waals surface area (Å²) in [5.41, 5.74) is 1.57. The van der Waals surface area contributed by atoms with E-state index in [-0.39, 0.29) is 11.8 Å². The lowest BCUT2D eigenvalue weighted by Gasteiger charge is -2.19. The standard InChI is InChI=1S/C20H24N2O2/c1-2-3-14-21-20(24)18(15-16-10-6-4-7-11-16)22-19(23)17-12-8-5-9-13-17/h4-13,18H,2-3,14-15H2,1H3,(H,21,24)(H,22,23). The number of nitrogens with one attached hydrogen (secondary N) is 2. The first-order valence-corrected chi connectivity index (χ1v) is 8.38. The quantitative estimate of drug-likeness (QED) is 0.734. The maximum absolute atomic E-state index is 12.5. The highest BCUT2D eigenvalue weighted by molar-refractivity contribution is 5.97. The number of benzene rings is 2. The fourth-order valence-corrected chi connectivity index (χ4v) is 2.40. The molecule has 4 nitrogen and oxygen atoms in total. The van der Waals surface area contributed by atoms with E-state index < -0.39 is 6.04 Å². The van der Waals surface area contributed by atoms with Crippen molar-refractivity contribution in [1.29, 1.82) is 0 Å². The van der Waals surface area contributed by atoms with E-state index in [1.165, 1.54) is 0 Å². The number of hydrogen-bond acceptors (Lipinski definition) is 2. The first kappa shape index (κ1) is 17.7. The maximum atomic E-state index is 12.5. The highest BCUT2D eigenvalue weighted by Gasteiger charge is 2.21. The van der Waals surface area contributed by atoms with Crippen LogP contribution in [0.4, 0.5) is 0 Å². The van der Waals surface area contributed by atoms with Crippen molar-refractivity contribution >= 4 is 11.8 Å². The van der Waals surface area contributed by atoms with Crippen LogP contribution in [0.15, 0.2) is 60.7 Å². The minimum absolute atomic E-state index is 0.142. The van der Waals surface area contributed by atoms with Crippen molar-refractivity contribution in [2.75, 3.05) is 6.54 Å². The molecule has 0 aromatic heterocycles. The summed E-state index contributed by atoms with van der Waals surface area (Å²) in [4.78, 5) is 24.9. The summed E-state index contributed by atoms with van der Waals surface area (Å²) >= 11 is 0. The third kappa shape index (κ3) is 5.54. The van der Waals surface area contributed by atoms with Crippen molar-refractivity contribution in [3.05, 3.63) is 71.8 Å². The van der Waals surface area contributed by atoms with Gasteiger partial charge in [-0.25, -0.2) is 0 Å². The molecule has 126 valence electrons. The number of carbonyl (C=O) groups is 2. The van der Waals surface area contributed by atoms with E-state index in [0.29, 0.717) is 18.5 Å². The second kappa shape index (κ2) is 9.50. The molecule has 0 bridgehead atoms. The number of carbonyl (C=O) groups excluding carboxylic acids is 2. The SMILES string of the molecule is CCCCNC(=O)C(Cc1ccccc1)NC(=O)c1ccccc1. The van der Waals surface area contributed by atoms with Crippen molar-refractivity contribution in [2.45, 2.75) is 32.2 Å². The van der Waals surface area contributed by atoms with Gasteiger partial charge in [0, 0.05) is 18.5 Å². The van der Waals surface area contributed by atoms with Crippen molar-refractivity contribution in [3.8, 4) is 0 Å². The molecule has 4 heteroatoms. The van der Waals surface area contributed by atoms with Gasteiger partial charge in [0.25, 0.3) is 5.91 Å². The van der Waals surface area contributed by atoms with Gasteiger partial charge in [0.1, 0.15) is 6.04 Å². The van der Waals surface area contributed by atoms with E-state index in [4.69, 9.17) is 0 Å². The molecule has 0 aliphatic carbocycles. The molecule has 1 atom stereocenters. The van der Waals surface area contributed by atoms with Gasteiger partial charge < -0.3 is 10.6 Å². The van der Waals surface area contributed by atoms with Gasteiger partial charge in [-0.2, -0.15) is 0 Å². The zero-order valence-electron chi connectivity index (χ0n) is 14.0. The number of rotatable bonds is 8. The Bertz CT molecular complexity index is 641. The Labute approximate surface area is 143 Å². The molecule has 2 N–H and O–H groups in total. The lowest BCUT2D eigenvalue weighted by molar-refractivity contribution is -0.122. The van der Waals surface area contributed by atoms with Gasteiger partial charge in [-0.1, -0.05) is 61.9 Å². The van der Waals surface area contributed by atoms with Gasteiger partial charge in [-0.3, -0.25) is 9.59 Å². The minimum Gasteiger partial charge on any atom is -0.354 e.